The average molecular weight is 191 g/mol. The molecular formula is C12H17NO. The molecule has 0 saturated carbocycles. The van der Waals surface area contributed by atoms with Crippen LogP contribution in [0.2, 0.25) is 0 Å². The fourth-order valence-corrected chi connectivity index (χ4v) is 1.26. The molecule has 0 fully saturated rings. The summed E-state index contributed by atoms with van der Waals surface area (Å²) >= 11 is 0. The van der Waals surface area contributed by atoms with Gasteiger partial charge in [-0.15, -0.1) is 0 Å². The number of aryl methyl sites for hydroxylation is 1. The zero-order chi connectivity index (χ0) is 10.4. The molecule has 0 saturated heterocycles. The number of hydrogen-bond acceptors (Lipinski definition) is 2. The molecule has 0 aliphatic heterocycles. The number of methoxy groups -OCH3 is 1. The highest BCUT2D eigenvalue weighted by atomic mass is 16.5. The predicted molar refractivity (Wildman–Crippen MR) is 60.7 cm³/mol. The number of rotatable bonds is 4. The first kappa shape index (κ1) is 10.8. The maximum Gasteiger partial charge on any atom is 0.126 e. The summed E-state index contributed by atoms with van der Waals surface area (Å²) in [6.07, 6.45) is 4.14. The van der Waals surface area contributed by atoms with Crippen molar-refractivity contribution in [1.82, 2.24) is 5.32 Å². The summed E-state index contributed by atoms with van der Waals surface area (Å²) in [4.78, 5) is 0. The SMILES string of the molecule is CNCC=Cc1ccc(C)cc1OC. The van der Waals surface area contributed by atoms with Crippen LogP contribution in [0.4, 0.5) is 0 Å². The van der Waals surface area contributed by atoms with E-state index in [0.717, 1.165) is 17.9 Å². The van der Waals surface area contributed by atoms with Gasteiger partial charge in [0.05, 0.1) is 7.11 Å². The Hall–Kier alpha value is -1.28. The van der Waals surface area contributed by atoms with Crippen LogP contribution in [0.3, 0.4) is 0 Å². The number of ether oxygens (including phenoxy) is 1. The van der Waals surface area contributed by atoms with E-state index >= 15 is 0 Å². The molecule has 0 heterocycles. The first-order chi connectivity index (χ1) is 6.77. The Balaban J connectivity index is 2.85. The highest BCUT2D eigenvalue weighted by Crippen LogP contribution is 2.20. The van der Waals surface area contributed by atoms with Crippen LogP contribution in [-0.2, 0) is 0 Å². The normalized spacial score (nSPS) is 10.8. The van der Waals surface area contributed by atoms with Crippen molar-refractivity contribution in [2.24, 2.45) is 0 Å². The van der Waals surface area contributed by atoms with Crippen molar-refractivity contribution >= 4 is 6.08 Å². The summed E-state index contributed by atoms with van der Waals surface area (Å²) < 4.78 is 5.29. The molecular weight excluding hydrogens is 174 g/mol. The second kappa shape index (κ2) is 5.45. The lowest BCUT2D eigenvalue weighted by Crippen LogP contribution is -2.03. The summed E-state index contributed by atoms with van der Waals surface area (Å²) in [5.41, 5.74) is 2.33. The van der Waals surface area contributed by atoms with Gasteiger partial charge in [0, 0.05) is 12.1 Å². The molecule has 0 amide bonds. The van der Waals surface area contributed by atoms with Crippen molar-refractivity contribution in [1.29, 1.82) is 0 Å². The van der Waals surface area contributed by atoms with E-state index in [4.69, 9.17) is 4.74 Å². The molecule has 0 bridgehead atoms. The monoisotopic (exact) mass is 191 g/mol. The number of nitrogens with one attached hydrogen (secondary N) is 1. The van der Waals surface area contributed by atoms with E-state index in [1.807, 2.05) is 13.1 Å². The molecule has 2 nitrogen and oxygen atoms in total. The summed E-state index contributed by atoms with van der Waals surface area (Å²) in [6.45, 7) is 2.93. The minimum absolute atomic E-state index is 0.872. The number of likely N-dealkylation sites (N-methyl/N-ethyl adjacent to an activating group) is 1. The summed E-state index contributed by atoms with van der Waals surface area (Å²) in [7, 11) is 3.63. The van der Waals surface area contributed by atoms with Crippen molar-refractivity contribution in [3.63, 3.8) is 0 Å². The molecule has 1 N–H and O–H groups in total. The summed E-state index contributed by atoms with van der Waals surface area (Å²) in [5, 5.41) is 3.06. The largest absolute Gasteiger partial charge is 0.496 e. The van der Waals surface area contributed by atoms with Crippen LogP contribution >= 0.6 is 0 Å². The standard InChI is InChI=1S/C12H17NO/c1-10-6-7-11(5-4-8-13-2)12(9-10)14-3/h4-7,9,13H,8H2,1-3H3. The van der Waals surface area contributed by atoms with E-state index in [1.54, 1.807) is 7.11 Å². The molecule has 1 aromatic rings. The van der Waals surface area contributed by atoms with Crippen molar-refractivity contribution in [3.8, 4) is 5.75 Å². The van der Waals surface area contributed by atoms with Gasteiger partial charge in [-0.3, -0.25) is 0 Å². The lowest BCUT2D eigenvalue weighted by molar-refractivity contribution is 0.413. The Kier molecular flexibility index (Phi) is 4.20. The highest BCUT2D eigenvalue weighted by molar-refractivity contribution is 5.58. The van der Waals surface area contributed by atoms with Gasteiger partial charge in [-0.2, -0.15) is 0 Å². The Bertz CT molecular complexity index is 318. The zero-order valence-corrected chi connectivity index (χ0v) is 9.00. The smallest absolute Gasteiger partial charge is 0.126 e. The van der Waals surface area contributed by atoms with Crippen LogP contribution < -0.4 is 10.1 Å². The van der Waals surface area contributed by atoms with Gasteiger partial charge in [-0.05, 0) is 25.6 Å². The van der Waals surface area contributed by atoms with E-state index < -0.39 is 0 Å². The van der Waals surface area contributed by atoms with E-state index in [9.17, 15) is 0 Å². The first-order valence-electron chi connectivity index (χ1n) is 4.73. The zero-order valence-electron chi connectivity index (χ0n) is 9.00. The van der Waals surface area contributed by atoms with Crippen molar-refractivity contribution < 1.29 is 4.74 Å². The fraction of sp³-hybridized carbons (Fsp3) is 0.333. The first-order valence-corrected chi connectivity index (χ1v) is 4.73. The lowest BCUT2D eigenvalue weighted by atomic mass is 10.1. The number of benzene rings is 1. The molecule has 1 rings (SSSR count). The summed E-state index contributed by atoms with van der Waals surface area (Å²) in [5.74, 6) is 0.928. The Morgan fingerprint density at radius 2 is 2.21 bits per heavy atom. The van der Waals surface area contributed by atoms with E-state index in [2.05, 4.69) is 36.5 Å². The molecule has 0 aliphatic rings. The van der Waals surface area contributed by atoms with Gasteiger partial charge >= 0.3 is 0 Å². The van der Waals surface area contributed by atoms with Crippen molar-refractivity contribution in [3.05, 3.63) is 35.4 Å². The Morgan fingerprint density at radius 1 is 1.43 bits per heavy atom. The van der Waals surface area contributed by atoms with Gasteiger partial charge in [-0.1, -0.05) is 24.3 Å². The van der Waals surface area contributed by atoms with Gasteiger partial charge in [0.2, 0.25) is 0 Å². The highest BCUT2D eigenvalue weighted by Gasteiger charge is 1.98. The van der Waals surface area contributed by atoms with Crippen LogP contribution in [0.25, 0.3) is 6.08 Å². The quantitative estimate of drug-likeness (QED) is 0.788. The third-order valence-corrected chi connectivity index (χ3v) is 2.01. The topological polar surface area (TPSA) is 21.3 Å². The van der Waals surface area contributed by atoms with Crippen LogP contribution in [0.5, 0.6) is 5.75 Å². The fourth-order valence-electron chi connectivity index (χ4n) is 1.26. The molecule has 14 heavy (non-hydrogen) atoms. The Labute approximate surface area is 85.6 Å². The van der Waals surface area contributed by atoms with Crippen LogP contribution in [0, 0.1) is 6.92 Å². The minimum atomic E-state index is 0.872. The molecule has 2 heteroatoms. The molecule has 0 unspecified atom stereocenters. The maximum absolute atomic E-state index is 5.29. The molecule has 1 aromatic carbocycles. The molecule has 0 radical (unpaired) electrons. The molecule has 0 spiro atoms. The third-order valence-electron chi connectivity index (χ3n) is 2.01. The predicted octanol–water partition coefficient (Wildman–Crippen LogP) is 2.24. The molecule has 0 aliphatic carbocycles. The second-order valence-corrected chi connectivity index (χ2v) is 3.21. The van der Waals surface area contributed by atoms with Crippen molar-refractivity contribution in [2.75, 3.05) is 20.7 Å². The second-order valence-electron chi connectivity index (χ2n) is 3.21. The van der Waals surface area contributed by atoms with Crippen molar-refractivity contribution in [2.45, 2.75) is 6.92 Å². The van der Waals surface area contributed by atoms with Gasteiger partial charge in [0.25, 0.3) is 0 Å². The van der Waals surface area contributed by atoms with E-state index in [-0.39, 0.29) is 0 Å². The minimum Gasteiger partial charge on any atom is -0.496 e. The molecule has 0 aromatic heterocycles. The van der Waals surface area contributed by atoms with Gasteiger partial charge in [-0.25, -0.2) is 0 Å². The average Bonchev–Trinajstić information content (AvgIpc) is 2.20. The van der Waals surface area contributed by atoms with Gasteiger partial charge in [0.15, 0.2) is 0 Å². The molecule has 0 atom stereocenters. The maximum atomic E-state index is 5.29. The molecule has 76 valence electrons. The van der Waals surface area contributed by atoms with Crippen LogP contribution in [0.15, 0.2) is 24.3 Å². The number of hydrogen-bond donors (Lipinski definition) is 1. The van der Waals surface area contributed by atoms with Gasteiger partial charge < -0.3 is 10.1 Å². The summed E-state index contributed by atoms with van der Waals surface area (Å²) in [6, 6.07) is 6.20. The lowest BCUT2D eigenvalue weighted by Gasteiger charge is -2.05. The van der Waals surface area contributed by atoms with Crippen LogP contribution in [0.1, 0.15) is 11.1 Å². The van der Waals surface area contributed by atoms with Crippen LogP contribution in [-0.4, -0.2) is 20.7 Å². The Morgan fingerprint density at radius 3 is 2.86 bits per heavy atom. The third kappa shape index (κ3) is 2.89. The van der Waals surface area contributed by atoms with E-state index in [0.29, 0.717) is 0 Å². The van der Waals surface area contributed by atoms with Gasteiger partial charge in [0.1, 0.15) is 5.75 Å². The van der Waals surface area contributed by atoms with E-state index in [1.165, 1.54) is 5.56 Å².